The molecule has 0 radical (unpaired) electrons. The third-order valence-electron chi connectivity index (χ3n) is 4.60. The summed E-state index contributed by atoms with van der Waals surface area (Å²) in [6.45, 7) is 7.06. The maximum absolute atomic E-state index is 12.6. The number of aryl methyl sites for hydroxylation is 1. The molecule has 1 aliphatic heterocycles. The van der Waals surface area contributed by atoms with Gasteiger partial charge in [0.25, 0.3) is 5.91 Å². The van der Waals surface area contributed by atoms with Crippen molar-refractivity contribution in [2.75, 3.05) is 6.54 Å². The minimum atomic E-state index is -0.528. The summed E-state index contributed by atoms with van der Waals surface area (Å²) in [4.78, 5) is 28.5. The molecule has 0 bridgehead atoms. The molecule has 2 aromatic heterocycles. The first kappa shape index (κ1) is 21.1. The highest BCUT2D eigenvalue weighted by atomic mass is 35.5. The van der Waals surface area contributed by atoms with Crippen molar-refractivity contribution in [3.63, 3.8) is 0 Å². The van der Waals surface area contributed by atoms with Crippen molar-refractivity contribution in [2.24, 2.45) is 5.92 Å². The first-order valence-electron chi connectivity index (χ1n) is 9.61. The zero-order valence-electron chi connectivity index (χ0n) is 16.9. The molecule has 29 heavy (non-hydrogen) atoms. The minimum absolute atomic E-state index is 0.179. The summed E-state index contributed by atoms with van der Waals surface area (Å²) in [5.41, 5.74) is 1.79. The zero-order chi connectivity index (χ0) is 21.0. The Balaban J connectivity index is 1.56. The topological polar surface area (TPSA) is 98.1 Å². The lowest BCUT2D eigenvalue weighted by atomic mass is 9.94. The second-order valence-electron chi connectivity index (χ2n) is 8.14. The molecule has 1 unspecified atom stereocenters. The SMILES string of the molecule is CC(C)(C)OC(=O)NCC1CCn2ncc(C(=O)NCc3ccc(Cl)nc3)c2C1. The highest BCUT2D eigenvalue weighted by Crippen LogP contribution is 2.23. The zero-order valence-corrected chi connectivity index (χ0v) is 17.6. The summed E-state index contributed by atoms with van der Waals surface area (Å²) < 4.78 is 7.15. The van der Waals surface area contributed by atoms with Crippen molar-refractivity contribution < 1.29 is 14.3 Å². The number of hydrogen-bond acceptors (Lipinski definition) is 5. The second-order valence-corrected chi connectivity index (χ2v) is 8.53. The monoisotopic (exact) mass is 419 g/mol. The first-order valence-corrected chi connectivity index (χ1v) is 9.99. The van der Waals surface area contributed by atoms with Crippen molar-refractivity contribution >= 4 is 23.6 Å². The summed E-state index contributed by atoms with van der Waals surface area (Å²) in [5, 5.41) is 10.5. The standard InChI is InChI=1S/C20H26ClN5O3/c1-20(2,3)29-19(28)24-9-13-6-7-26-16(8-13)15(12-25-26)18(27)23-11-14-4-5-17(21)22-10-14/h4-5,10,12-13H,6-9,11H2,1-3H3,(H,23,27)(H,24,28). The van der Waals surface area contributed by atoms with Gasteiger partial charge in [-0.05, 0) is 51.2 Å². The Hall–Kier alpha value is -2.61. The van der Waals surface area contributed by atoms with E-state index >= 15 is 0 Å². The molecule has 1 atom stereocenters. The fourth-order valence-electron chi connectivity index (χ4n) is 3.19. The van der Waals surface area contributed by atoms with E-state index in [0.29, 0.717) is 36.8 Å². The van der Waals surface area contributed by atoms with Crippen LogP contribution in [0.15, 0.2) is 24.5 Å². The summed E-state index contributed by atoms with van der Waals surface area (Å²) in [5.74, 6) is 0.0423. The number of nitrogens with one attached hydrogen (secondary N) is 2. The van der Waals surface area contributed by atoms with Crippen LogP contribution in [0.4, 0.5) is 4.79 Å². The van der Waals surface area contributed by atoms with Crippen LogP contribution in [0.1, 0.15) is 48.8 Å². The van der Waals surface area contributed by atoms with Crippen LogP contribution < -0.4 is 10.6 Å². The van der Waals surface area contributed by atoms with Gasteiger partial charge in [0.1, 0.15) is 10.8 Å². The van der Waals surface area contributed by atoms with Gasteiger partial charge in [0.15, 0.2) is 0 Å². The number of rotatable bonds is 5. The number of ether oxygens (including phenoxy) is 1. The lowest BCUT2D eigenvalue weighted by Gasteiger charge is -2.25. The van der Waals surface area contributed by atoms with Gasteiger partial charge in [0.05, 0.1) is 17.5 Å². The normalized spacial score (nSPS) is 16.1. The van der Waals surface area contributed by atoms with Crippen molar-refractivity contribution in [3.05, 3.63) is 46.5 Å². The molecule has 3 rings (SSSR count). The average Bonchev–Trinajstić information content (AvgIpc) is 3.07. The molecule has 0 saturated carbocycles. The van der Waals surface area contributed by atoms with E-state index in [2.05, 4.69) is 20.7 Å². The Bertz CT molecular complexity index is 873. The largest absolute Gasteiger partial charge is 0.444 e. The van der Waals surface area contributed by atoms with Crippen LogP contribution in [0.3, 0.4) is 0 Å². The van der Waals surface area contributed by atoms with E-state index in [1.807, 2.05) is 31.5 Å². The van der Waals surface area contributed by atoms with Gasteiger partial charge >= 0.3 is 6.09 Å². The molecule has 0 aliphatic carbocycles. The number of carbonyl (C=O) groups is 2. The second kappa shape index (κ2) is 8.82. The number of nitrogens with zero attached hydrogens (tertiary/aromatic N) is 3. The molecule has 8 nitrogen and oxygen atoms in total. The fourth-order valence-corrected chi connectivity index (χ4v) is 3.31. The number of fused-ring (bicyclic) bond motifs is 1. The maximum atomic E-state index is 12.6. The van der Waals surface area contributed by atoms with Crippen LogP contribution in [0, 0.1) is 5.92 Å². The van der Waals surface area contributed by atoms with Gasteiger partial charge in [-0.15, -0.1) is 0 Å². The van der Waals surface area contributed by atoms with Crippen LogP contribution in [0.5, 0.6) is 0 Å². The van der Waals surface area contributed by atoms with Gasteiger partial charge in [-0.1, -0.05) is 17.7 Å². The smallest absolute Gasteiger partial charge is 0.407 e. The Morgan fingerprint density at radius 2 is 2.07 bits per heavy atom. The third-order valence-corrected chi connectivity index (χ3v) is 4.82. The Morgan fingerprint density at radius 1 is 1.28 bits per heavy atom. The number of aromatic nitrogens is 3. The number of amides is 2. The third kappa shape index (κ3) is 5.93. The molecule has 0 aromatic carbocycles. The summed E-state index contributed by atoms with van der Waals surface area (Å²) in [6.07, 6.45) is 4.36. The summed E-state index contributed by atoms with van der Waals surface area (Å²) >= 11 is 5.78. The van der Waals surface area contributed by atoms with Gasteiger partial charge in [0, 0.05) is 25.8 Å². The lowest BCUT2D eigenvalue weighted by molar-refractivity contribution is 0.0516. The van der Waals surface area contributed by atoms with Crippen LogP contribution >= 0.6 is 11.6 Å². The number of carbonyl (C=O) groups excluding carboxylic acids is 2. The Morgan fingerprint density at radius 3 is 2.76 bits per heavy atom. The van der Waals surface area contributed by atoms with Crippen LogP contribution in [0.25, 0.3) is 0 Å². The van der Waals surface area contributed by atoms with Crippen LogP contribution in [-0.4, -0.2) is 38.9 Å². The van der Waals surface area contributed by atoms with E-state index in [1.165, 1.54) is 0 Å². The molecule has 0 spiro atoms. The molecule has 3 heterocycles. The predicted octanol–water partition coefficient (Wildman–Crippen LogP) is 2.95. The van der Waals surface area contributed by atoms with E-state index in [-0.39, 0.29) is 11.8 Å². The number of hydrogen-bond donors (Lipinski definition) is 2. The van der Waals surface area contributed by atoms with Gasteiger partial charge < -0.3 is 15.4 Å². The van der Waals surface area contributed by atoms with Crippen molar-refractivity contribution in [3.8, 4) is 0 Å². The lowest BCUT2D eigenvalue weighted by Crippen LogP contribution is -2.37. The Kier molecular flexibility index (Phi) is 6.42. The fraction of sp³-hybridized carbons (Fsp3) is 0.500. The van der Waals surface area contributed by atoms with E-state index < -0.39 is 11.7 Å². The molecular formula is C20H26ClN5O3. The molecule has 9 heteroatoms. The van der Waals surface area contributed by atoms with Gasteiger partial charge in [0.2, 0.25) is 0 Å². The van der Waals surface area contributed by atoms with E-state index in [0.717, 1.165) is 17.7 Å². The van der Waals surface area contributed by atoms with E-state index in [1.54, 1.807) is 18.5 Å². The predicted molar refractivity (Wildman–Crippen MR) is 109 cm³/mol. The Labute approximate surface area is 175 Å². The molecule has 2 N–H and O–H groups in total. The molecule has 2 amide bonds. The summed E-state index contributed by atoms with van der Waals surface area (Å²) in [6, 6.07) is 3.51. The molecule has 0 fully saturated rings. The first-order chi connectivity index (χ1) is 13.7. The van der Waals surface area contributed by atoms with Crippen molar-refractivity contribution in [2.45, 2.75) is 52.3 Å². The highest BCUT2D eigenvalue weighted by molar-refractivity contribution is 6.29. The van der Waals surface area contributed by atoms with E-state index in [4.69, 9.17) is 16.3 Å². The molecular weight excluding hydrogens is 394 g/mol. The average molecular weight is 420 g/mol. The van der Waals surface area contributed by atoms with Gasteiger partial charge in [-0.2, -0.15) is 5.10 Å². The van der Waals surface area contributed by atoms with Crippen LogP contribution in [0.2, 0.25) is 5.15 Å². The number of alkyl carbamates (subject to hydrolysis) is 1. The molecule has 1 aliphatic rings. The van der Waals surface area contributed by atoms with E-state index in [9.17, 15) is 9.59 Å². The molecule has 0 saturated heterocycles. The van der Waals surface area contributed by atoms with Crippen molar-refractivity contribution in [1.29, 1.82) is 0 Å². The quantitative estimate of drug-likeness (QED) is 0.726. The molecule has 156 valence electrons. The van der Waals surface area contributed by atoms with Crippen molar-refractivity contribution in [1.82, 2.24) is 25.4 Å². The molecule has 2 aromatic rings. The maximum Gasteiger partial charge on any atom is 0.407 e. The minimum Gasteiger partial charge on any atom is -0.444 e. The number of halogens is 1. The van der Waals surface area contributed by atoms with Gasteiger partial charge in [-0.25, -0.2) is 9.78 Å². The van der Waals surface area contributed by atoms with Gasteiger partial charge in [-0.3, -0.25) is 9.48 Å². The number of pyridine rings is 1. The highest BCUT2D eigenvalue weighted by Gasteiger charge is 2.26. The summed E-state index contributed by atoms with van der Waals surface area (Å²) in [7, 11) is 0. The van der Waals surface area contributed by atoms with Crippen LogP contribution in [-0.2, 0) is 24.2 Å².